The number of aromatic nitrogens is 1. The van der Waals surface area contributed by atoms with Crippen LogP contribution in [0.5, 0.6) is 11.6 Å². The molecular weight excluding hydrogens is 439 g/mol. The number of amides is 1. The van der Waals surface area contributed by atoms with Crippen molar-refractivity contribution in [2.75, 3.05) is 19.6 Å². The third-order valence-electron chi connectivity index (χ3n) is 5.31. The van der Waals surface area contributed by atoms with E-state index in [1.807, 2.05) is 11.4 Å². The van der Waals surface area contributed by atoms with Crippen molar-refractivity contribution in [2.24, 2.45) is 0 Å². The van der Waals surface area contributed by atoms with Crippen LogP contribution in [0.4, 0.5) is 13.2 Å². The van der Waals surface area contributed by atoms with Crippen molar-refractivity contribution in [1.29, 1.82) is 0 Å². The summed E-state index contributed by atoms with van der Waals surface area (Å²) in [6.45, 7) is 2.58. The first-order chi connectivity index (χ1) is 15.4. The Hall–Kier alpha value is -2.91. The maximum atomic E-state index is 12.6. The second-order valence-corrected chi connectivity index (χ2v) is 8.47. The summed E-state index contributed by atoms with van der Waals surface area (Å²) in [5, 5.41) is 5.07. The van der Waals surface area contributed by atoms with Crippen molar-refractivity contribution in [3.63, 3.8) is 0 Å². The number of pyridine rings is 1. The fourth-order valence-electron chi connectivity index (χ4n) is 3.64. The van der Waals surface area contributed by atoms with Gasteiger partial charge in [0, 0.05) is 29.2 Å². The van der Waals surface area contributed by atoms with Crippen LogP contribution in [0.25, 0.3) is 0 Å². The van der Waals surface area contributed by atoms with Crippen molar-refractivity contribution in [2.45, 2.75) is 25.1 Å². The van der Waals surface area contributed by atoms with Crippen LogP contribution in [0, 0.1) is 0 Å². The van der Waals surface area contributed by atoms with E-state index in [0.717, 1.165) is 31.4 Å². The number of ether oxygens (including phenoxy) is 1. The van der Waals surface area contributed by atoms with Crippen molar-refractivity contribution in [1.82, 2.24) is 15.2 Å². The number of carbonyl (C=O) groups excluding carboxylic acids is 1. The lowest BCUT2D eigenvalue weighted by Gasteiger charge is -2.26. The van der Waals surface area contributed by atoms with Gasteiger partial charge in [-0.15, -0.1) is 11.3 Å². The molecule has 0 radical (unpaired) electrons. The number of nitrogens with one attached hydrogen (secondary N) is 1. The van der Waals surface area contributed by atoms with Crippen LogP contribution in [0.3, 0.4) is 0 Å². The number of likely N-dealkylation sites (tertiary alicyclic amines) is 1. The first kappa shape index (κ1) is 22.3. The van der Waals surface area contributed by atoms with Gasteiger partial charge in [0.2, 0.25) is 5.88 Å². The van der Waals surface area contributed by atoms with Gasteiger partial charge >= 0.3 is 6.18 Å². The van der Waals surface area contributed by atoms with Gasteiger partial charge in [0.1, 0.15) is 5.75 Å². The summed E-state index contributed by atoms with van der Waals surface area (Å²) in [5.41, 5.74) is -0.365. The number of nitrogens with zero attached hydrogens (tertiary/aromatic N) is 2. The van der Waals surface area contributed by atoms with Gasteiger partial charge in [0.05, 0.1) is 11.6 Å². The van der Waals surface area contributed by atoms with Crippen LogP contribution in [0.2, 0.25) is 0 Å². The highest BCUT2D eigenvalue weighted by atomic mass is 32.1. The Morgan fingerprint density at radius 2 is 1.88 bits per heavy atom. The number of thiophene rings is 1. The van der Waals surface area contributed by atoms with Gasteiger partial charge in [-0.3, -0.25) is 9.69 Å². The van der Waals surface area contributed by atoms with E-state index in [2.05, 4.69) is 21.3 Å². The number of alkyl halides is 3. The molecule has 3 heterocycles. The molecule has 0 saturated carbocycles. The number of rotatable bonds is 7. The van der Waals surface area contributed by atoms with Crippen LogP contribution in [0.1, 0.15) is 39.7 Å². The van der Waals surface area contributed by atoms with E-state index < -0.39 is 11.7 Å². The minimum atomic E-state index is -4.45. The van der Waals surface area contributed by atoms with E-state index in [0.29, 0.717) is 17.9 Å². The van der Waals surface area contributed by atoms with Crippen molar-refractivity contribution in [3.05, 3.63) is 76.1 Å². The summed E-state index contributed by atoms with van der Waals surface area (Å²) >= 11 is 1.69. The third-order valence-corrected chi connectivity index (χ3v) is 6.29. The topological polar surface area (TPSA) is 54.5 Å². The molecule has 0 bridgehead atoms. The van der Waals surface area contributed by atoms with Gasteiger partial charge in [-0.2, -0.15) is 13.2 Å². The fraction of sp³-hybridized carbons (Fsp3) is 0.304. The molecule has 1 amide bonds. The number of hydrogen-bond donors (Lipinski definition) is 1. The number of halogens is 3. The van der Waals surface area contributed by atoms with E-state index in [4.69, 9.17) is 4.74 Å². The van der Waals surface area contributed by atoms with Crippen LogP contribution in [-0.4, -0.2) is 35.4 Å². The monoisotopic (exact) mass is 461 g/mol. The third kappa shape index (κ3) is 5.46. The minimum Gasteiger partial charge on any atom is -0.439 e. The van der Waals surface area contributed by atoms with E-state index >= 15 is 0 Å². The number of carbonyl (C=O) groups is 1. The molecule has 1 fully saturated rings. The highest BCUT2D eigenvalue weighted by Crippen LogP contribution is 2.30. The summed E-state index contributed by atoms with van der Waals surface area (Å²) in [4.78, 5) is 20.0. The normalized spacial score (nSPS) is 15.5. The SMILES string of the molecule is O=C(NCC(c1cccs1)N1CCCC1)c1ccc(Oc2ccc(C(F)(F)F)cn2)cc1. The zero-order chi connectivity index (χ0) is 22.6. The molecule has 3 aromatic rings. The highest BCUT2D eigenvalue weighted by Gasteiger charge is 2.30. The van der Waals surface area contributed by atoms with Crippen molar-refractivity contribution >= 4 is 17.2 Å². The molecule has 32 heavy (non-hydrogen) atoms. The molecule has 1 N–H and O–H groups in total. The summed E-state index contributed by atoms with van der Waals surface area (Å²) in [6.07, 6.45) is -1.38. The lowest BCUT2D eigenvalue weighted by Crippen LogP contribution is -2.36. The largest absolute Gasteiger partial charge is 0.439 e. The number of hydrogen-bond acceptors (Lipinski definition) is 5. The Balaban J connectivity index is 1.35. The minimum absolute atomic E-state index is 0.0413. The average molecular weight is 462 g/mol. The quantitative estimate of drug-likeness (QED) is 0.503. The molecule has 1 aliphatic rings. The van der Waals surface area contributed by atoms with Crippen LogP contribution < -0.4 is 10.1 Å². The smallest absolute Gasteiger partial charge is 0.417 e. The highest BCUT2D eigenvalue weighted by molar-refractivity contribution is 7.10. The molecule has 1 unspecified atom stereocenters. The van der Waals surface area contributed by atoms with Gasteiger partial charge in [-0.1, -0.05) is 6.07 Å². The molecule has 4 rings (SSSR count). The Morgan fingerprint density at radius 3 is 2.47 bits per heavy atom. The lowest BCUT2D eigenvalue weighted by molar-refractivity contribution is -0.137. The standard InChI is InChI=1S/C23H22F3N3O2S/c24-23(25,26)17-7-10-21(27-14-17)31-18-8-5-16(6-9-18)22(30)28-15-19(20-4-3-13-32-20)29-11-1-2-12-29/h3-10,13-14,19H,1-2,11-12,15H2,(H,28,30). The molecule has 0 aliphatic carbocycles. The number of benzene rings is 1. The van der Waals surface area contributed by atoms with Crippen LogP contribution in [-0.2, 0) is 6.18 Å². The Morgan fingerprint density at radius 1 is 1.12 bits per heavy atom. The molecule has 1 aliphatic heterocycles. The Bertz CT molecular complexity index is 1020. The van der Waals surface area contributed by atoms with E-state index in [1.54, 1.807) is 35.6 Å². The molecule has 0 spiro atoms. The van der Waals surface area contributed by atoms with Gasteiger partial charge in [-0.25, -0.2) is 4.98 Å². The molecule has 1 atom stereocenters. The molecule has 2 aromatic heterocycles. The summed E-state index contributed by atoms with van der Waals surface area (Å²) < 4.78 is 43.4. The summed E-state index contributed by atoms with van der Waals surface area (Å²) in [6, 6.07) is 12.8. The second kappa shape index (κ2) is 9.70. The fourth-order valence-corrected chi connectivity index (χ4v) is 4.50. The predicted molar refractivity (Wildman–Crippen MR) is 116 cm³/mol. The molecule has 9 heteroatoms. The van der Waals surface area contributed by atoms with E-state index in [-0.39, 0.29) is 17.8 Å². The Labute approximate surface area is 187 Å². The van der Waals surface area contributed by atoms with E-state index in [1.165, 1.54) is 17.7 Å². The molecule has 5 nitrogen and oxygen atoms in total. The predicted octanol–water partition coefficient (Wildman–Crippen LogP) is 5.52. The van der Waals surface area contributed by atoms with Crippen LogP contribution in [0.15, 0.2) is 60.1 Å². The first-order valence-corrected chi connectivity index (χ1v) is 11.1. The van der Waals surface area contributed by atoms with Crippen molar-refractivity contribution < 1.29 is 22.7 Å². The first-order valence-electron chi connectivity index (χ1n) is 10.3. The zero-order valence-corrected chi connectivity index (χ0v) is 18.0. The van der Waals surface area contributed by atoms with Crippen LogP contribution >= 0.6 is 11.3 Å². The maximum absolute atomic E-state index is 12.6. The molecule has 1 aromatic carbocycles. The maximum Gasteiger partial charge on any atom is 0.417 e. The molecule has 168 valence electrons. The molecule has 1 saturated heterocycles. The van der Waals surface area contributed by atoms with Gasteiger partial charge < -0.3 is 10.1 Å². The zero-order valence-electron chi connectivity index (χ0n) is 17.1. The molecular formula is C23H22F3N3O2S. The van der Waals surface area contributed by atoms with Gasteiger partial charge in [0.15, 0.2) is 0 Å². The van der Waals surface area contributed by atoms with Gasteiger partial charge in [-0.05, 0) is 67.7 Å². The summed E-state index contributed by atoms with van der Waals surface area (Å²) in [7, 11) is 0. The van der Waals surface area contributed by atoms with E-state index in [9.17, 15) is 18.0 Å². The second-order valence-electron chi connectivity index (χ2n) is 7.49. The van der Waals surface area contributed by atoms with Crippen molar-refractivity contribution in [3.8, 4) is 11.6 Å². The lowest BCUT2D eigenvalue weighted by atomic mass is 10.1. The average Bonchev–Trinajstić information content (AvgIpc) is 3.49. The van der Waals surface area contributed by atoms with Gasteiger partial charge in [0.25, 0.3) is 5.91 Å². The Kier molecular flexibility index (Phi) is 6.76. The summed E-state index contributed by atoms with van der Waals surface area (Å²) in [5.74, 6) is 0.229.